The van der Waals surface area contributed by atoms with E-state index in [0.29, 0.717) is 0 Å². The van der Waals surface area contributed by atoms with Gasteiger partial charge in [0.2, 0.25) is 0 Å². The van der Waals surface area contributed by atoms with Crippen molar-refractivity contribution in [1.29, 1.82) is 0 Å². The molecule has 1 aliphatic rings. The van der Waals surface area contributed by atoms with E-state index in [1.165, 1.54) is 5.56 Å². The van der Waals surface area contributed by atoms with Gasteiger partial charge in [-0.25, -0.2) is 0 Å². The lowest BCUT2D eigenvalue weighted by atomic mass is 9.79. The number of aliphatic hydroxyl groups is 1. The van der Waals surface area contributed by atoms with Gasteiger partial charge in [-0.15, -0.1) is 0 Å². The zero-order valence-electron chi connectivity index (χ0n) is 9.17. The third kappa shape index (κ3) is 1.27. The van der Waals surface area contributed by atoms with Gasteiger partial charge >= 0.3 is 0 Å². The summed E-state index contributed by atoms with van der Waals surface area (Å²) in [4.78, 5) is 0. The van der Waals surface area contributed by atoms with E-state index in [1.54, 1.807) is 0 Å². The molecule has 1 N–H and O–H groups in total. The van der Waals surface area contributed by atoms with Crippen LogP contribution in [0.15, 0.2) is 24.3 Å². The van der Waals surface area contributed by atoms with Crippen LogP contribution in [0, 0.1) is 12.3 Å². The van der Waals surface area contributed by atoms with Crippen molar-refractivity contribution in [2.24, 2.45) is 5.41 Å². The van der Waals surface area contributed by atoms with Gasteiger partial charge in [0.25, 0.3) is 0 Å². The molecule has 1 aromatic carbocycles. The summed E-state index contributed by atoms with van der Waals surface area (Å²) in [6.07, 6.45) is 2.27. The van der Waals surface area contributed by atoms with Crippen LogP contribution in [0.25, 0.3) is 0 Å². The highest BCUT2D eigenvalue weighted by Gasteiger charge is 2.53. The Bertz CT molecular complexity index is 348. The second kappa shape index (κ2) is 2.83. The van der Waals surface area contributed by atoms with Crippen molar-refractivity contribution < 1.29 is 5.11 Å². The first-order valence-electron chi connectivity index (χ1n) is 5.26. The Morgan fingerprint density at radius 2 is 1.86 bits per heavy atom. The topological polar surface area (TPSA) is 20.2 Å². The molecule has 0 saturated heterocycles. The fourth-order valence-corrected chi connectivity index (χ4v) is 2.12. The van der Waals surface area contributed by atoms with Gasteiger partial charge in [0.1, 0.15) is 0 Å². The Kier molecular flexibility index (Phi) is 1.97. The molecule has 0 amide bonds. The highest BCUT2D eigenvalue weighted by molar-refractivity contribution is 5.33. The molecular formula is C13H18O. The Labute approximate surface area is 85.8 Å². The minimum absolute atomic E-state index is 0.0963. The third-order valence-corrected chi connectivity index (χ3v) is 3.84. The second-order valence-electron chi connectivity index (χ2n) is 4.95. The zero-order chi connectivity index (χ0) is 10.4. The first-order valence-corrected chi connectivity index (χ1v) is 5.26. The number of hydrogen-bond donors (Lipinski definition) is 1. The van der Waals surface area contributed by atoms with E-state index < -0.39 is 5.60 Å². The average molecular weight is 190 g/mol. The molecule has 1 aliphatic carbocycles. The van der Waals surface area contributed by atoms with E-state index in [-0.39, 0.29) is 5.41 Å². The summed E-state index contributed by atoms with van der Waals surface area (Å²) < 4.78 is 0. The summed E-state index contributed by atoms with van der Waals surface area (Å²) >= 11 is 0. The smallest absolute Gasteiger partial charge is 0.0924 e. The molecule has 1 heteroatoms. The van der Waals surface area contributed by atoms with Gasteiger partial charge in [0.15, 0.2) is 0 Å². The van der Waals surface area contributed by atoms with E-state index in [2.05, 4.69) is 19.9 Å². The van der Waals surface area contributed by atoms with Gasteiger partial charge in [-0.1, -0.05) is 31.2 Å². The molecule has 0 aliphatic heterocycles. The van der Waals surface area contributed by atoms with Crippen LogP contribution in [0.2, 0.25) is 0 Å². The fourth-order valence-electron chi connectivity index (χ4n) is 2.12. The first kappa shape index (κ1) is 9.72. The lowest BCUT2D eigenvalue weighted by Gasteiger charge is -2.32. The van der Waals surface area contributed by atoms with Crippen LogP contribution in [-0.2, 0) is 5.60 Å². The van der Waals surface area contributed by atoms with Crippen LogP contribution in [-0.4, -0.2) is 5.11 Å². The number of aryl methyl sites for hydroxylation is 1. The lowest BCUT2D eigenvalue weighted by molar-refractivity contribution is -0.0132. The molecule has 0 aromatic heterocycles. The summed E-state index contributed by atoms with van der Waals surface area (Å²) in [6.45, 7) is 6.18. The summed E-state index contributed by atoms with van der Waals surface area (Å²) in [5.74, 6) is 0. The molecule has 1 nitrogen and oxygen atoms in total. The molecule has 2 rings (SSSR count). The monoisotopic (exact) mass is 190 g/mol. The predicted molar refractivity (Wildman–Crippen MR) is 58.1 cm³/mol. The molecule has 76 valence electrons. The van der Waals surface area contributed by atoms with Gasteiger partial charge in [0.05, 0.1) is 5.60 Å². The van der Waals surface area contributed by atoms with Gasteiger partial charge in [-0.3, -0.25) is 0 Å². The lowest BCUT2D eigenvalue weighted by Crippen LogP contribution is -2.32. The Balaban J connectivity index is 2.44. The minimum Gasteiger partial charge on any atom is -0.385 e. The fraction of sp³-hybridized carbons (Fsp3) is 0.538. The first-order chi connectivity index (χ1) is 6.47. The van der Waals surface area contributed by atoms with E-state index >= 15 is 0 Å². The molecule has 0 heterocycles. The van der Waals surface area contributed by atoms with Crippen LogP contribution >= 0.6 is 0 Å². The summed E-state index contributed by atoms with van der Waals surface area (Å²) in [5.41, 5.74) is 1.70. The van der Waals surface area contributed by atoms with E-state index in [1.807, 2.05) is 25.1 Å². The molecule has 1 fully saturated rings. The van der Waals surface area contributed by atoms with Gasteiger partial charge in [-0.05, 0) is 37.8 Å². The quantitative estimate of drug-likeness (QED) is 0.760. The van der Waals surface area contributed by atoms with Crippen molar-refractivity contribution >= 4 is 0 Å². The molecule has 0 bridgehead atoms. The molecule has 1 saturated carbocycles. The van der Waals surface area contributed by atoms with Crippen LogP contribution in [0.4, 0.5) is 0 Å². The van der Waals surface area contributed by atoms with Crippen LogP contribution < -0.4 is 0 Å². The summed E-state index contributed by atoms with van der Waals surface area (Å²) in [5, 5.41) is 10.6. The van der Waals surface area contributed by atoms with Crippen LogP contribution in [0.3, 0.4) is 0 Å². The molecule has 0 radical (unpaired) electrons. The standard InChI is InChI=1S/C13H18O/c1-10-6-4-5-7-11(10)13(3,14)12(2)8-9-12/h4-7,14H,8-9H2,1-3H3. The van der Waals surface area contributed by atoms with Crippen molar-refractivity contribution in [3.05, 3.63) is 35.4 Å². The van der Waals surface area contributed by atoms with Gasteiger partial charge in [0, 0.05) is 5.41 Å². The highest BCUT2D eigenvalue weighted by atomic mass is 16.3. The molecule has 1 aromatic rings. The van der Waals surface area contributed by atoms with Crippen LogP contribution in [0.1, 0.15) is 37.8 Å². The number of rotatable bonds is 2. The van der Waals surface area contributed by atoms with Gasteiger partial charge < -0.3 is 5.11 Å². The third-order valence-electron chi connectivity index (χ3n) is 3.84. The average Bonchev–Trinajstić information content (AvgIpc) is 2.86. The number of hydrogen-bond acceptors (Lipinski definition) is 1. The molecule has 0 spiro atoms. The summed E-state index contributed by atoms with van der Waals surface area (Å²) in [6, 6.07) is 8.13. The van der Waals surface area contributed by atoms with Crippen molar-refractivity contribution in [1.82, 2.24) is 0 Å². The van der Waals surface area contributed by atoms with Crippen molar-refractivity contribution in [3.8, 4) is 0 Å². The Morgan fingerprint density at radius 1 is 1.29 bits per heavy atom. The van der Waals surface area contributed by atoms with E-state index in [9.17, 15) is 5.11 Å². The predicted octanol–water partition coefficient (Wildman–Crippen LogP) is 3.00. The summed E-state index contributed by atoms with van der Waals surface area (Å²) in [7, 11) is 0. The Hall–Kier alpha value is -0.820. The molecule has 1 unspecified atom stereocenters. The van der Waals surface area contributed by atoms with Gasteiger partial charge in [-0.2, -0.15) is 0 Å². The molecule has 1 atom stereocenters. The SMILES string of the molecule is Cc1ccccc1C(C)(O)C1(C)CC1. The molecule has 14 heavy (non-hydrogen) atoms. The maximum atomic E-state index is 10.6. The minimum atomic E-state index is -0.668. The molecular weight excluding hydrogens is 172 g/mol. The van der Waals surface area contributed by atoms with Crippen molar-refractivity contribution in [2.45, 2.75) is 39.2 Å². The highest BCUT2D eigenvalue weighted by Crippen LogP contribution is 2.58. The number of benzene rings is 1. The maximum Gasteiger partial charge on any atom is 0.0924 e. The van der Waals surface area contributed by atoms with E-state index in [0.717, 1.165) is 18.4 Å². The second-order valence-corrected chi connectivity index (χ2v) is 4.95. The largest absolute Gasteiger partial charge is 0.385 e. The maximum absolute atomic E-state index is 10.6. The van der Waals surface area contributed by atoms with Crippen LogP contribution in [0.5, 0.6) is 0 Å². The van der Waals surface area contributed by atoms with Crippen molar-refractivity contribution in [3.63, 3.8) is 0 Å². The normalized spacial score (nSPS) is 22.9. The Morgan fingerprint density at radius 3 is 2.36 bits per heavy atom. The van der Waals surface area contributed by atoms with E-state index in [4.69, 9.17) is 0 Å². The zero-order valence-corrected chi connectivity index (χ0v) is 9.17. The van der Waals surface area contributed by atoms with Crippen molar-refractivity contribution in [2.75, 3.05) is 0 Å².